The first-order valence-electron chi connectivity index (χ1n) is 7.70. The molecular weight excluding hydrogens is 320 g/mol. The van der Waals surface area contributed by atoms with Gasteiger partial charge in [0.15, 0.2) is 0 Å². The molecule has 0 saturated carbocycles. The zero-order valence-electron chi connectivity index (χ0n) is 13.3. The SMILES string of the molecule is Cc1ncsc1CN(CCCNS(C)(=O)=O)CC1CCNC1. The van der Waals surface area contributed by atoms with E-state index in [1.807, 2.05) is 12.4 Å². The van der Waals surface area contributed by atoms with Gasteiger partial charge in [-0.25, -0.2) is 18.1 Å². The maximum Gasteiger partial charge on any atom is 0.208 e. The molecule has 22 heavy (non-hydrogen) atoms. The van der Waals surface area contributed by atoms with Crippen molar-refractivity contribution in [3.63, 3.8) is 0 Å². The van der Waals surface area contributed by atoms with Gasteiger partial charge in [0, 0.05) is 24.5 Å². The number of nitrogens with zero attached hydrogens (tertiary/aromatic N) is 2. The second-order valence-corrected chi connectivity index (χ2v) is 8.75. The summed E-state index contributed by atoms with van der Waals surface area (Å²) < 4.78 is 24.8. The lowest BCUT2D eigenvalue weighted by atomic mass is 10.1. The van der Waals surface area contributed by atoms with E-state index in [9.17, 15) is 8.42 Å². The van der Waals surface area contributed by atoms with Crippen LogP contribution in [0.1, 0.15) is 23.4 Å². The molecule has 0 amide bonds. The fourth-order valence-corrected chi connectivity index (χ4v) is 4.05. The maximum absolute atomic E-state index is 11.1. The van der Waals surface area contributed by atoms with Gasteiger partial charge in [0.1, 0.15) is 0 Å². The third kappa shape index (κ3) is 6.29. The lowest BCUT2D eigenvalue weighted by Gasteiger charge is -2.25. The standard InChI is InChI=1S/C14H26N4O2S2/c1-12-14(21-11-16-12)10-18(9-13-4-6-15-8-13)7-3-5-17-22(2,19)20/h11,13,15,17H,3-10H2,1-2H3. The molecule has 2 N–H and O–H groups in total. The molecule has 1 aliphatic rings. The summed E-state index contributed by atoms with van der Waals surface area (Å²) in [7, 11) is -3.09. The van der Waals surface area contributed by atoms with E-state index in [1.54, 1.807) is 11.3 Å². The van der Waals surface area contributed by atoms with Crippen LogP contribution < -0.4 is 10.0 Å². The van der Waals surface area contributed by atoms with Gasteiger partial charge in [0.05, 0.1) is 17.5 Å². The van der Waals surface area contributed by atoms with Gasteiger partial charge in [-0.3, -0.25) is 4.90 Å². The number of aromatic nitrogens is 1. The van der Waals surface area contributed by atoms with E-state index in [0.29, 0.717) is 12.5 Å². The largest absolute Gasteiger partial charge is 0.316 e. The summed E-state index contributed by atoms with van der Waals surface area (Å²) in [5, 5.41) is 3.41. The minimum absolute atomic E-state index is 0.500. The summed E-state index contributed by atoms with van der Waals surface area (Å²) in [6.45, 7) is 7.60. The van der Waals surface area contributed by atoms with Crippen molar-refractivity contribution in [2.45, 2.75) is 26.3 Å². The van der Waals surface area contributed by atoms with Crippen molar-refractivity contribution in [1.29, 1.82) is 0 Å². The molecule has 1 atom stereocenters. The fraction of sp³-hybridized carbons (Fsp3) is 0.786. The first-order valence-corrected chi connectivity index (χ1v) is 10.5. The van der Waals surface area contributed by atoms with Crippen LogP contribution in [0.3, 0.4) is 0 Å². The van der Waals surface area contributed by atoms with E-state index in [-0.39, 0.29) is 0 Å². The Morgan fingerprint density at radius 2 is 2.36 bits per heavy atom. The molecule has 8 heteroatoms. The zero-order valence-corrected chi connectivity index (χ0v) is 15.0. The summed E-state index contributed by atoms with van der Waals surface area (Å²) in [5.74, 6) is 0.691. The Morgan fingerprint density at radius 3 is 2.95 bits per heavy atom. The molecule has 0 spiro atoms. The highest BCUT2D eigenvalue weighted by atomic mass is 32.2. The van der Waals surface area contributed by atoms with Crippen LogP contribution in [0.2, 0.25) is 0 Å². The van der Waals surface area contributed by atoms with Crippen LogP contribution in [0.4, 0.5) is 0 Å². The summed E-state index contributed by atoms with van der Waals surface area (Å²) in [6, 6.07) is 0. The van der Waals surface area contributed by atoms with E-state index in [0.717, 1.165) is 44.8 Å². The zero-order chi connectivity index (χ0) is 16.0. The Labute approximate surface area is 137 Å². The minimum Gasteiger partial charge on any atom is -0.316 e. The van der Waals surface area contributed by atoms with E-state index in [2.05, 4.69) is 19.9 Å². The van der Waals surface area contributed by atoms with Gasteiger partial charge in [-0.1, -0.05) is 0 Å². The number of sulfonamides is 1. The molecule has 1 aromatic heterocycles. The molecule has 0 bridgehead atoms. The molecule has 1 unspecified atom stereocenters. The highest BCUT2D eigenvalue weighted by Gasteiger charge is 2.19. The first-order chi connectivity index (χ1) is 10.4. The van der Waals surface area contributed by atoms with Crippen molar-refractivity contribution in [2.24, 2.45) is 5.92 Å². The highest BCUT2D eigenvalue weighted by molar-refractivity contribution is 7.88. The Morgan fingerprint density at radius 1 is 1.55 bits per heavy atom. The average molecular weight is 347 g/mol. The van der Waals surface area contributed by atoms with Gasteiger partial charge in [-0.2, -0.15) is 0 Å². The van der Waals surface area contributed by atoms with Gasteiger partial charge in [-0.15, -0.1) is 11.3 Å². The monoisotopic (exact) mass is 346 g/mol. The molecule has 126 valence electrons. The van der Waals surface area contributed by atoms with E-state index in [1.165, 1.54) is 17.6 Å². The van der Waals surface area contributed by atoms with Gasteiger partial charge in [0.25, 0.3) is 0 Å². The number of aryl methyl sites for hydroxylation is 1. The summed E-state index contributed by atoms with van der Waals surface area (Å²) in [6.07, 6.45) is 3.25. The van der Waals surface area contributed by atoms with Crippen LogP contribution in [0.5, 0.6) is 0 Å². The molecule has 1 aromatic rings. The van der Waals surface area contributed by atoms with Crippen molar-refractivity contribution in [1.82, 2.24) is 19.9 Å². The summed E-state index contributed by atoms with van der Waals surface area (Å²) in [4.78, 5) is 8.06. The molecule has 0 radical (unpaired) electrons. The molecule has 1 saturated heterocycles. The predicted molar refractivity (Wildman–Crippen MR) is 90.6 cm³/mol. The third-order valence-electron chi connectivity index (χ3n) is 3.91. The smallest absolute Gasteiger partial charge is 0.208 e. The van der Waals surface area contributed by atoms with Crippen molar-refractivity contribution < 1.29 is 8.42 Å². The molecule has 2 rings (SSSR count). The van der Waals surface area contributed by atoms with Gasteiger partial charge < -0.3 is 5.32 Å². The molecule has 0 aromatic carbocycles. The van der Waals surface area contributed by atoms with Crippen LogP contribution in [-0.4, -0.2) is 57.3 Å². The quantitative estimate of drug-likeness (QED) is 0.647. The minimum atomic E-state index is -3.09. The normalized spacial score (nSPS) is 19.1. The topological polar surface area (TPSA) is 74.3 Å². The second kappa shape index (κ2) is 8.35. The Balaban J connectivity index is 1.85. The van der Waals surface area contributed by atoms with Gasteiger partial charge in [-0.05, 0) is 45.3 Å². The summed E-state index contributed by atoms with van der Waals surface area (Å²) in [5.41, 5.74) is 3.00. The maximum atomic E-state index is 11.1. The van der Waals surface area contributed by atoms with E-state index >= 15 is 0 Å². The molecule has 0 aliphatic carbocycles. The van der Waals surface area contributed by atoms with Crippen molar-refractivity contribution in [3.05, 3.63) is 16.1 Å². The van der Waals surface area contributed by atoms with Crippen LogP contribution >= 0.6 is 11.3 Å². The second-order valence-electron chi connectivity index (χ2n) is 5.97. The molecule has 6 nitrogen and oxygen atoms in total. The lowest BCUT2D eigenvalue weighted by molar-refractivity contribution is 0.228. The van der Waals surface area contributed by atoms with Crippen LogP contribution in [0.25, 0.3) is 0 Å². The number of nitrogens with one attached hydrogen (secondary N) is 2. The average Bonchev–Trinajstić information content (AvgIpc) is 3.06. The van der Waals surface area contributed by atoms with Gasteiger partial charge in [0.2, 0.25) is 10.0 Å². The molecule has 1 aliphatic heterocycles. The number of thiazole rings is 1. The van der Waals surface area contributed by atoms with Crippen molar-refractivity contribution >= 4 is 21.4 Å². The Hall–Kier alpha value is -0.540. The third-order valence-corrected chi connectivity index (χ3v) is 5.55. The summed E-state index contributed by atoms with van der Waals surface area (Å²) >= 11 is 1.70. The first kappa shape index (κ1) is 17.8. The number of rotatable bonds is 9. The van der Waals surface area contributed by atoms with Crippen LogP contribution in [0, 0.1) is 12.8 Å². The van der Waals surface area contributed by atoms with Crippen molar-refractivity contribution in [2.75, 3.05) is 39.0 Å². The Bertz CT molecular complexity index is 553. The number of hydrogen-bond donors (Lipinski definition) is 2. The van der Waals surface area contributed by atoms with E-state index < -0.39 is 10.0 Å². The molecule has 2 heterocycles. The van der Waals surface area contributed by atoms with Gasteiger partial charge >= 0.3 is 0 Å². The van der Waals surface area contributed by atoms with E-state index in [4.69, 9.17) is 0 Å². The highest BCUT2D eigenvalue weighted by Crippen LogP contribution is 2.18. The lowest BCUT2D eigenvalue weighted by Crippen LogP contribution is -2.33. The van der Waals surface area contributed by atoms with Crippen LogP contribution in [-0.2, 0) is 16.6 Å². The molecular formula is C14H26N4O2S2. The predicted octanol–water partition coefficient (Wildman–Crippen LogP) is 0.802. The van der Waals surface area contributed by atoms with Crippen molar-refractivity contribution in [3.8, 4) is 0 Å². The number of hydrogen-bond acceptors (Lipinski definition) is 6. The Kier molecular flexibility index (Phi) is 6.76. The van der Waals surface area contributed by atoms with Crippen LogP contribution in [0.15, 0.2) is 5.51 Å². The fourth-order valence-electron chi connectivity index (χ4n) is 2.71. The molecule has 1 fully saturated rings.